The van der Waals surface area contributed by atoms with Crippen molar-refractivity contribution >= 4 is 16.8 Å². The van der Waals surface area contributed by atoms with Crippen LogP contribution in [0.1, 0.15) is 46.5 Å². The van der Waals surface area contributed by atoms with E-state index in [4.69, 9.17) is 11.6 Å². The molecule has 0 spiro atoms. The van der Waals surface area contributed by atoms with E-state index >= 15 is 0 Å². The minimum absolute atomic E-state index is 0.0319. The fraction of sp³-hybridized carbons (Fsp3) is 0.900. The van der Waals surface area contributed by atoms with Gasteiger partial charge in [-0.05, 0) is 12.8 Å². The summed E-state index contributed by atoms with van der Waals surface area (Å²) < 4.78 is 0. The summed E-state index contributed by atoms with van der Waals surface area (Å²) in [5.41, 5.74) is 0.0319. The molecule has 0 amide bonds. The molecule has 1 aliphatic carbocycles. The molecule has 0 heterocycles. The third kappa shape index (κ3) is 2.78. The Hall–Kier alpha value is -0.0400. The van der Waals surface area contributed by atoms with Crippen LogP contribution in [0.25, 0.3) is 0 Å². The monoisotopic (exact) mass is 187 g/mol. The Kier molecular flexibility index (Phi) is 3.16. The first kappa shape index (κ1) is 10.0. The molecule has 0 atom stereocenters. The van der Waals surface area contributed by atoms with Gasteiger partial charge in [-0.1, -0.05) is 45.2 Å². The smallest absolute Gasteiger partial charge is 0.106 e. The zero-order valence-corrected chi connectivity index (χ0v) is 8.99. The summed E-state index contributed by atoms with van der Waals surface area (Å²) in [6.45, 7) is 6.31. The molecule has 1 fully saturated rings. The lowest BCUT2D eigenvalue weighted by atomic mass is 9.98. The van der Waals surface area contributed by atoms with Crippen molar-refractivity contribution in [2.24, 2.45) is 10.4 Å². The summed E-state index contributed by atoms with van der Waals surface area (Å²) in [6.07, 6.45) is 5.10. The lowest BCUT2D eigenvalue weighted by Gasteiger charge is -2.17. The topological polar surface area (TPSA) is 12.4 Å². The normalized spacial score (nSPS) is 21.8. The van der Waals surface area contributed by atoms with Gasteiger partial charge in [0.15, 0.2) is 0 Å². The van der Waals surface area contributed by atoms with Crippen LogP contribution in [0, 0.1) is 5.41 Å². The van der Waals surface area contributed by atoms with E-state index in [2.05, 4.69) is 25.8 Å². The summed E-state index contributed by atoms with van der Waals surface area (Å²) in [4.78, 5) is 4.53. The van der Waals surface area contributed by atoms with Crippen molar-refractivity contribution in [2.75, 3.05) is 0 Å². The zero-order valence-electron chi connectivity index (χ0n) is 8.23. The molecule has 0 aromatic heterocycles. The number of rotatable bonds is 1. The Bertz CT molecular complexity index is 173. The van der Waals surface area contributed by atoms with E-state index < -0.39 is 0 Å². The predicted octanol–water partition coefficient (Wildman–Crippen LogP) is 3.61. The van der Waals surface area contributed by atoms with Gasteiger partial charge in [-0.15, -0.1) is 0 Å². The third-order valence-corrected chi connectivity index (χ3v) is 2.90. The van der Waals surface area contributed by atoms with E-state index in [0.717, 1.165) is 5.17 Å². The zero-order chi connectivity index (χ0) is 9.19. The van der Waals surface area contributed by atoms with Gasteiger partial charge in [0.1, 0.15) is 5.17 Å². The standard InChI is InChI=1S/C10H18ClN/c1-10(2,3)9(11)12-8-6-4-5-7-8/h8H,4-7H2,1-3H3. The Balaban J connectivity index is 2.55. The molecule has 1 saturated carbocycles. The second kappa shape index (κ2) is 3.78. The number of hydrogen-bond donors (Lipinski definition) is 0. The molecule has 0 aromatic rings. The summed E-state index contributed by atoms with van der Waals surface area (Å²) in [5, 5.41) is 0.786. The van der Waals surface area contributed by atoms with E-state index in [1.54, 1.807) is 0 Å². The third-order valence-electron chi connectivity index (χ3n) is 2.24. The van der Waals surface area contributed by atoms with Crippen molar-refractivity contribution in [1.82, 2.24) is 0 Å². The van der Waals surface area contributed by atoms with Crippen molar-refractivity contribution in [3.05, 3.63) is 0 Å². The maximum Gasteiger partial charge on any atom is 0.106 e. The van der Waals surface area contributed by atoms with Crippen LogP contribution in [-0.2, 0) is 0 Å². The molecule has 70 valence electrons. The molecule has 1 aliphatic rings. The summed E-state index contributed by atoms with van der Waals surface area (Å²) >= 11 is 6.09. The van der Waals surface area contributed by atoms with Gasteiger partial charge in [0.2, 0.25) is 0 Å². The number of aliphatic imine (C=N–C) groups is 1. The van der Waals surface area contributed by atoms with E-state index in [9.17, 15) is 0 Å². The van der Waals surface area contributed by atoms with Crippen molar-refractivity contribution in [3.63, 3.8) is 0 Å². The highest BCUT2D eigenvalue weighted by molar-refractivity contribution is 6.66. The number of hydrogen-bond acceptors (Lipinski definition) is 1. The fourth-order valence-electron chi connectivity index (χ4n) is 1.39. The molecule has 1 rings (SSSR count). The number of nitrogens with zero attached hydrogens (tertiary/aromatic N) is 1. The molecule has 0 aliphatic heterocycles. The summed E-state index contributed by atoms with van der Waals surface area (Å²) in [7, 11) is 0. The molecule has 0 unspecified atom stereocenters. The molecule has 0 saturated heterocycles. The first-order chi connectivity index (χ1) is 5.50. The Morgan fingerprint density at radius 1 is 1.25 bits per heavy atom. The molecule has 2 heteroatoms. The SMILES string of the molecule is CC(C)(C)C(Cl)=NC1CCCC1. The average molecular weight is 188 g/mol. The minimum Gasteiger partial charge on any atom is -0.274 e. The highest BCUT2D eigenvalue weighted by Gasteiger charge is 2.20. The van der Waals surface area contributed by atoms with Crippen LogP contribution >= 0.6 is 11.6 Å². The van der Waals surface area contributed by atoms with E-state index in [1.165, 1.54) is 25.7 Å². The van der Waals surface area contributed by atoms with E-state index in [0.29, 0.717) is 6.04 Å². The number of halogens is 1. The maximum absolute atomic E-state index is 6.09. The first-order valence-corrected chi connectivity index (χ1v) is 5.12. The van der Waals surface area contributed by atoms with Gasteiger partial charge >= 0.3 is 0 Å². The highest BCUT2D eigenvalue weighted by atomic mass is 35.5. The van der Waals surface area contributed by atoms with Crippen molar-refractivity contribution < 1.29 is 0 Å². The molecule has 0 bridgehead atoms. The van der Waals surface area contributed by atoms with Gasteiger partial charge in [-0.25, -0.2) is 0 Å². The largest absolute Gasteiger partial charge is 0.274 e. The van der Waals surface area contributed by atoms with Crippen molar-refractivity contribution in [2.45, 2.75) is 52.5 Å². The molecule has 0 N–H and O–H groups in total. The Labute approximate surface area is 80.2 Å². The molecular weight excluding hydrogens is 170 g/mol. The predicted molar refractivity (Wildman–Crippen MR) is 55.0 cm³/mol. The van der Waals surface area contributed by atoms with E-state index in [1.807, 2.05) is 0 Å². The quantitative estimate of drug-likeness (QED) is 0.557. The lowest BCUT2D eigenvalue weighted by molar-refractivity contribution is 0.586. The van der Waals surface area contributed by atoms with Crippen LogP contribution < -0.4 is 0 Å². The van der Waals surface area contributed by atoms with Crippen LogP contribution in [0.2, 0.25) is 0 Å². The van der Waals surface area contributed by atoms with Gasteiger partial charge in [0.05, 0.1) is 6.04 Å². The van der Waals surface area contributed by atoms with Gasteiger partial charge in [0.25, 0.3) is 0 Å². The fourth-order valence-corrected chi connectivity index (χ4v) is 1.53. The average Bonchev–Trinajstić information content (AvgIpc) is 2.37. The van der Waals surface area contributed by atoms with Gasteiger partial charge < -0.3 is 0 Å². The van der Waals surface area contributed by atoms with Crippen LogP contribution in [-0.4, -0.2) is 11.2 Å². The summed E-state index contributed by atoms with van der Waals surface area (Å²) in [6, 6.07) is 0.511. The van der Waals surface area contributed by atoms with Crippen LogP contribution in [0.3, 0.4) is 0 Å². The Morgan fingerprint density at radius 3 is 2.17 bits per heavy atom. The van der Waals surface area contributed by atoms with Crippen molar-refractivity contribution in [1.29, 1.82) is 0 Å². The Morgan fingerprint density at radius 2 is 1.75 bits per heavy atom. The minimum atomic E-state index is 0.0319. The molecular formula is C10H18ClN. The molecule has 0 aromatic carbocycles. The highest BCUT2D eigenvalue weighted by Crippen LogP contribution is 2.25. The second-order valence-electron chi connectivity index (χ2n) is 4.61. The van der Waals surface area contributed by atoms with Gasteiger partial charge in [-0.3, -0.25) is 4.99 Å². The van der Waals surface area contributed by atoms with Gasteiger partial charge in [0, 0.05) is 5.41 Å². The van der Waals surface area contributed by atoms with Crippen molar-refractivity contribution in [3.8, 4) is 0 Å². The molecule has 0 radical (unpaired) electrons. The molecule has 12 heavy (non-hydrogen) atoms. The second-order valence-corrected chi connectivity index (χ2v) is 4.97. The van der Waals surface area contributed by atoms with E-state index in [-0.39, 0.29) is 5.41 Å². The van der Waals surface area contributed by atoms with Gasteiger partial charge in [-0.2, -0.15) is 0 Å². The summed E-state index contributed by atoms with van der Waals surface area (Å²) in [5.74, 6) is 0. The lowest BCUT2D eigenvalue weighted by Crippen LogP contribution is -2.16. The maximum atomic E-state index is 6.09. The van der Waals surface area contributed by atoms with Crippen LogP contribution in [0.15, 0.2) is 4.99 Å². The first-order valence-electron chi connectivity index (χ1n) is 4.74. The van der Waals surface area contributed by atoms with Crippen LogP contribution in [0.4, 0.5) is 0 Å². The van der Waals surface area contributed by atoms with Crippen LogP contribution in [0.5, 0.6) is 0 Å². The molecule has 1 nitrogen and oxygen atoms in total.